The van der Waals surface area contributed by atoms with Crippen molar-refractivity contribution in [2.75, 3.05) is 10.6 Å². The predicted octanol–water partition coefficient (Wildman–Crippen LogP) is 4.68. The SMILES string of the molecule is S=C(NC(=S)Nc1cccc(Cl)c1)Nc1ccc(Cl)cc1. The maximum Gasteiger partial charge on any atom is 0.177 e. The standard InChI is InChI=1S/C14H11Cl2N3S2/c15-9-4-6-11(7-5-9)17-13(20)19-14(21)18-12-3-1-2-10(16)8-12/h1-8H,(H3,17,18,19,20,21). The Kier molecular flexibility index (Phi) is 5.76. The molecule has 0 aliphatic carbocycles. The lowest BCUT2D eigenvalue weighted by molar-refractivity contribution is 1.39. The van der Waals surface area contributed by atoms with Crippen LogP contribution in [0.25, 0.3) is 0 Å². The molecule has 2 aromatic carbocycles. The number of rotatable bonds is 2. The van der Waals surface area contributed by atoms with Crippen LogP contribution in [0.15, 0.2) is 48.5 Å². The molecule has 0 radical (unpaired) electrons. The fourth-order valence-corrected chi connectivity index (χ4v) is 2.35. The summed E-state index contributed by atoms with van der Waals surface area (Å²) >= 11 is 22.1. The van der Waals surface area contributed by atoms with E-state index in [1.807, 2.05) is 24.3 Å². The molecule has 3 N–H and O–H groups in total. The van der Waals surface area contributed by atoms with E-state index < -0.39 is 0 Å². The third-order valence-electron chi connectivity index (χ3n) is 2.41. The fraction of sp³-hybridized carbons (Fsp3) is 0. The van der Waals surface area contributed by atoms with Gasteiger partial charge in [-0.2, -0.15) is 0 Å². The normalized spacial score (nSPS) is 9.81. The number of hydrogen-bond acceptors (Lipinski definition) is 2. The number of thiocarbonyl (C=S) groups is 2. The number of benzene rings is 2. The summed E-state index contributed by atoms with van der Waals surface area (Å²) in [6.07, 6.45) is 0. The molecular formula is C14H11Cl2N3S2. The molecule has 0 saturated heterocycles. The van der Waals surface area contributed by atoms with Crippen molar-refractivity contribution in [2.24, 2.45) is 0 Å². The Morgan fingerprint density at radius 1 is 0.762 bits per heavy atom. The number of hydrogen-bond donors (Lipinski definition) is 3. The van der Waals surface area contributed by atoms with Gasteiger partial charge < -0.3 is 16.0 Å². The maximum atomic E-state index is 5.90. The third-order valence-corrected chi connectivity index (χ3v) is 3.31. The van der Waals surface area contributed by atoms with Gasteiger partial charge in [0.2, 0.25) is 0 Å². The first-order chi connectivity index (χ1) is 10.0. The minimum atomic E-state index is 0.378. The lowest BCUT2D eigenvalue weighted by atomic mass is 10.3. The smallest absolute Gasteiger partial charge is 0.177 e. The highest BCUT2D eigenvalue weighted by atomic mass is 35.5. The van der Waals surface area contributed by atoms with Gasteiger partial charge in [0.25, 0.3) is 0 Å². The van der Waals surface area contributed by atoms with E-state index in [0.717, 1.165) is 11.4 Å². The minimum absolute atomic E-state index is 0.378. The number of halogens is 2. The molecule has 0 saturated carbocycles. The molecule has 0 amide bonds. The molecule has 21 heavy (non-hydrogen) atoms. The topological polar surface area (TPSA) is 36.1 Å². The maximum absolute atomic E-state index is 5.90. The van der Waals surface area contributed by atoms with Crippen LogP contribution in [0.2, 0.25) is 10.0 Å². The first-order valence-electron chi connectivity index (χ1n) is 5.93. The van der Waals surface area contributed by atoms with Gasteiger partial charge in [-0.1, -0.05) is 29.3 Å². The van der Waals surface area contributed by atoms with Gasteiger partial charge in [0.05, 0.1) is 0 Å². The van der Waals surface area contributed by atoms with Crippen molar-refractivity contribution in [1.82, 2.24) is 5.32 Å². The largest absolute Gasteiger partial charge is 0.332 e. The minimum Gasteiger partial charge on any atom is -0.332 e. The molecule has 0 bridgehead atoms. The van der Waals surface area contributed by atoms with Gasteiger partial charge in [-0.15, -0.1) is 0 Å². The quantitative estimate of drug-likeness (QED) is 0.682. The molecule has 108 valence electrons. The van der Waals surface area contributed by atoms with E-state index in [4.69, 9.17) is 47.6 Å². The Bertz CT molecular complexity index is 660. The molecule has 2 aromatic rings. The van der Waals surface area contributed by atoms with Crippen molar-refractivity contribution in [1.29, 1.82) is 0 Å². The van der Waals surface area contributed by atoms with Gasteiger partial charge in [-0.05, 0) is 66.9 Å². The van der Waals surface area contributed by atoms with Crippen molar-refractivity contribution in [3.63, 3.8) is 0 Å². The van der Waals surface area contributed by atoms with Crippen molar-refractivity contribution < 1.29 is 0 Å². The Hall–Kier alpha value is -1.40. The second-order valence-corrected chi connectivity index (χ2v) is 5.74. The Labute approximate surface area is 143 Å². The highest BCUT2D eigenvalue weighted by Gasteiger charge is 2.02. The summed E-state index contributed by atoms with van der Waals surface area (Å²) in [5, 5.41) is 10.9. The zero-order chi connectivity index (χ0) is 15.2. The molecule has 0 aliphatic rings. The fourth-order valence-electron chi connectivity index (χ4n) is 1.53. The molecule has 0 fully saturated rings. The summed E-state index contributed by atoms with van der Waals surface area (Å²) in [6, 6.07) is 14.4. The Morgan fingerprint density at radius 2 is 1.38 bits per heavy atom. The van der Waals surface area contributed by atoms with E-state index in [2.05, 4.69) is 16.0 Å². The van der Waals surface area contributed by atoms with E-state index >= 15 is 0 Å². The summed E-state index contributed by atoms with van der Waals surface area (Å²) in [7, 11) is 0. The van der Waals surface area contributed by atoms with Gasteiger partial charge in [0.15, 0.2) is 10.2 Å². The van der Waals surface area contributed by atoms with Crippen LogP contribution in [0, 0.1) is 0 Å². The highest BCUT2D eigenvalue weighted by molar-refractivity contribution is 7.82. The molecule has 0 aromatic heterocycles. The Morgan fingerprint density at radius 3 is 2.00 bits per heavy atom. The van der Waals surface area contributed by atoms with Crippen LogP contribution in [0.3, 0.4) is 0 Å². The second kappa shape index (κ2) is 7.56. The summed E-state index contributed by atoms with van der Waals surface area (Å²) < 4.78 is 0. The second-order valence-electron chi connectivity index (χ2n) is 4.05. The average Bonchev–Trinajstić information content (AvgIpc) is 2.41. The van der Waals surface area contributed by atoms with E-state index in [1.54, 1.807) is 24.3 Å². The molecule has 3 nitrogen and oxygen atoms in total. The molecule has 0 spiro atoms. The highest BCUT2D eigenvalue weighted by Crippen LogP contribution is 2.15. The first kappa shape index (κ1) is 16.0. The summed E-state index contributed by atoms with van der Waals surface area (Å²) in [6.45, 7) is 0. The zero-order valence-electron chi connectivity index (χ0n) is 10.7. The average molecular weight is 356 g/mol. The lowest BCUT2D eigenvalue weighted by Crippen LogP contribution is -2.37. The van der Waals surface area contributed by atoms with Crippen LogP contribution in [0.5, 0.6) is 0 Å². The van der Waals surface area contributed by atoms with Crippen LogP contribution in [0.1, 0.15) is 0 Å². The van der Waals surface area contributed by atoms with Gasteiger partial charge in [0, 0.05) is 21.4 Å². The van der Waals surface area contributed by atoms with Crippen molar-refractivity contribution in [3.05, 3.63) is 58.6 Å². The third kappa shape index (κ3) is 5.47. The van der Waals surface area contributed by atoms with Crippen LogP contribution < -0.4 is 16.0 Å². The predicted molar refractivity (Wildman–Crippen MR) is 98.5 cm³/mol. The van der Waals surface area contributed by atoms with Crippen LogP contribution in [0.4, 0.5) is 11.4 Å². The molecular weight excluding hydrogens is 345 g/mol. The van der Waals surface area contributed by atoms with Crippen LogP contribution in [-0.4, -0.2) is 10.2 Å². The Balaban J connectivity index is 1.87. The molecule has 2 rings (SSSR count). The van der Waals surface area contributed by atoms with Crippen LogP contribution in [-0.2, 0) is 0 Å². The summed E-state index contributed by atoms with van der Waals surface area (Å²) in [5.41, 5.74) is 1.61. The van der Waals surface area contributed by atoms with Crippen molar-refractivity contribution in [2.45, 2.75) is 0 Å². The summed E-state index contributed by atoms with van der Waals surface area (Å²) in [4.78, 5) is 0. The molecule has 7 heteroatoms. The molecule has 0 heterocycles. The monoisotopic (exact) mass is 355 g/mol. The lowest BCUT2D eigenvalue weighted by Gasteiger charge is -2.13. The first-order valence-corrected chi connectivity index (χ1v) is 7.50. The van der Waals surface area contributed by atoms with Gasteiger partial charge >= 0.3 is 0 Å². The zero-order valence-corrected chi connectivity index (χ0v) is 13.8. The molecule has 0 aliphatic heterocycles. The van der Waals surface area contributed by atoms with E-state index in [9.17, 15) is 0 Å². The molecule has 0 unspecified atom stereocenters. The number of anilines is 2. The number of nitrogens with one attached hydrogen (secondary N) is 3. The van der Waals surface area contributed by atoms with E-state index in [0.29, 0.717) is 20.3 Å². The van der Waals surface area contributed by atoms with E-state index in [-0.39, 0.29) is 0 Å². The molecule has 0 atom stereocenters. The van der Waals surface area contributed by atoms with E-state index in [1.165, 1.54) is 0 Å². The van der Waals surface area contributed by atoms with Crippen LogP contribution >= 0.6 is 47.6 Å². The van der Waals surface area contributed by atoms with Gasteiger partial charge in [-0.25, -0.2) is 0 Å². The van der Waals surface area contributed by atoms with Gasteiger partial charge in [-0.3, -0.25) is 0 Å². The van der Waals surface area contributed by atoms with Crippen molar-refractivity contribution in [3.8, 4) is 0 Å². The van der Waals surface area contributed by atoms with Crippen molar-refractivity contribution >= 4 is 69.2 Å². The van der Waals surface area contributed by atoms with Gasteiger partial charge in [0.1, 0.15) is 0 Å². The summed E-state index contributed by atoms with van der Waals surface area (Å²) in [5.74, 6) is 0.